The zero-order valence-electron chi connectivity index (χ0n) is 10.8. The maximum Gasteiger partial charge on any atom is 0.315 e. The molecule has 3 nitrogen and oxygen atoms in total. The van der Waals surface area contributed by atoms with E-state index < -0.39 is 11.9 Å². The molecule has 2 aromatic carbocycles. The van der Waals surface area contributed by atoms with E-state index in [1.54, 1.807) is 0 Å². The Labute approximate surface area is 111 Å². The molecular formula is C16H14O3. The predicted octanol–water partition coefficient (Wildman–Crippen LogP) is 3.63. The molecule has 0 aliphatic carbocycles. The third-order valence-electron chi connectivity index (χ3n) is 3.43. The molecule has 2 aromatic rings. The highest BCUT2D eigenvalue weighted by Gasteiger charge is 2.32. The zero-order chi connectivity index (χ0) is 13.6. The Bertz CT molecular complexity index is 622. The summed E-state index contributed by atoms with van der Waals surface area (Å²) >= 11 is 0. The molecule has 3 heteroatoms. The molecule has 1 heterocycles. The molecule has 19 heavy (non-hydrogen) atoms. The molecule has 0 saturated heterocycles. The first-order valence-electron chi connectivity index (χ1n) is 6.18. The van der Waals surface area contributed by atoms with Gasteiger partial charge in [0.15, 0.2) is 0 Å². The minimum absolute atomic E-state index is 0.644. The second-order valence-electron chi connectivity index (χ2n) is 4.96. The topological polar surface area (TPSA) is 46.5 Å². The number of hydrogen-bond acceptors (Lipinski definition) is 2. The van der Waals surface area contributed by atoms with Gasteiger partial charge >= 0.3 is 5.97 Å². The van der Waals surface area contributed by atoms with Crippen LogP contribution >= 0.6 is 0 Å². The third-order valence-corrected chi connectivity index (χ3v) is 3.43. The van der Waals surface area contributed by atoms with E-state index in [-0.39, 0.29) is 0 Å². The van der Waals surface area contributed by atoms with E-state index >= 15 is 0 Å². The first-order chi connectivity index (χ1) is 9.06. The molecule has 0 fully saturated rings. The highest BCUT2D eigenvalue weighted by Crippen LogP contribution is 2.44. The quantitative estimate of drug-likeness (QED) is 0.845. The van der Waals surface area contributed by atoms with Crippen molar-refractivity contribution in [1.29, 1.82) is 0 Å². The fourth-order valence-electron chi connectivity index (χ4n) is 2.49. The van der Waals surface area contributed by atoms with Crippen molar-refractivity contribution in [2.45, 2.75) is 19.8 Å². The maximum absolute atomic E-state index is 11.6. The Balaban J connectivity index is 2.23. The number of carboxylic acids is 1. The molecule has 0 aromatic heterocycles. The van der Waals surface area contributed by atoms with E-state index in [9.17, 15) is 9.90 Å². The molecule has 0 amide bonds. The van der Waals surface area contributed by atoms with Gasteiger partial charge < -0.3 is 9.84 Å². The van der Waals surface area contributed by atoms with Gasteiger partial charge in [-0.1, -0.05) is 24.3 Å². The van der Waals surface area contributed by atoms with Crippen LogP contribution in [0.5, 0.6) is 11.5 Å². The Kier molecular flexibility index (Phi) is 2.56. The zero-order valence-corrected chi connectivity index (χ0v) is 10.8. The van der Waals surface area contributed by atoms with Crippen LogP contribution in [0.3, 0.4) is 0 Å². The molecule has 0 radical (unpaired) electrons. The lowest BCUT2D eigenvalue weighted by Crippen LogP contribution is -2.18. The monoisotopic (exact) mass is 254 g/mol. The van der Waals surface area contributed by atoms with E-state index in [1.165, 1.54) is 0 Å². The summed E-state index contributed by atoms with van der Waals surface area (Å²) in [5.74, 6) is -0.213. The number of rotatable bonds is 1. The van der Waals surface area contributed by atoms with Crippen LogP contribution in [0.25, 0.3) is 0 Å². The number of carbonyl (C=O) groups is 1. The molecule has 0 spiro atoms. The number of ether oxygens (including phenoxy) is 1. The van der Waals surface area contributed by atoms with Gasteiger partial charge in [0.25, 0.3) is 0 Å². The fraction of sp³-hybridized carbons (Fsp3) is 0.188. The maximum atomic E-state index is 11.6. The second-order valence-corrected chi connectivity index (χ2v) is 4.96. The van der Waals surface area contributed by atoms with E-state index in [4.69, 9.17) is 4.74 Å². The third kappa shape index (κ3) is 1.87. The van der Waals surface area contributed by atoms with Gasteiger partial charge in [-0.2, -0.15) is 0 Å². The first-order valence-corrected chi connectivity index (χ1v) is 6.18. The van der Waals surface area contributed by atoms with E-state index in [0.29, 0.717) is 11.5 Å². The average Bonchev–Trinajstić information content (AvgIpc) is 2.35. The van der Waals surface area contributed by atoms with Crippen LogP contribution in [0.15, 0.2) is 36.4 Å². The van der Waals surface area contributed by atoms with Gasteiger partial charge in [0.2, 0.25) is 0 Å². The second kappa shape index (κ2) is 4.12. The van der Waals surface area contributed by atoms with Crippen LogP contribution in [0, 0.1) is 13.8 Å². The smallest absolute Gasteiger partial charge is 0.315 e. The summed E-state index contributed by atoms with van der Waals surface area (Å²) in [5.41, 5.74) is 3.54. The number of aryl methyl sites for hydroxylation is 2. The molecule has 0 saturated carbocycles. The molecule has 0 bridgehead atoms. The van der Waals surface area contributed by atoms with E-state index in [0.717, 1.165) is 22.3 Å². The van der Waals surface area contributed by atoms with E-state index in [2.05, 4.69) is 0 Å². The van der Waals surface area contributed by atoms with Crippen LogP contribution in [-0.4, -0.2) is 11.1 Å². The fourth-order valence-corrected chi connectivity index (χ4v) is 2.49. The number of fused-ring (bicyclic) bond motifs is 2. The lowest BCUT2D eigenvalue weighted by Gasteiger charge is -2.26. The van der Waals surface area contributed by atoms with Gasteiger partial charge in [-0.25, -0.2) is 0 Å². The van der Waals surface area contributed by atoms with Crippen molar-refractivity contribution in [1.82, 2.24) is 0 Å². The SMILES string of the molecule is Cc1ccc2c(c1)Oc1cc(C)ccc1C2C(=O)O. The Hall–Kier alpha value is -2.29. The van der Waals surface area contributed by atoms with Gasteiger partial charge in [0.1, 0.15) is 17.4 Å². The summed E-state index contributed by atoms with van der Waals surface area (Å²) in [4.78, 5) is 11.6. The lowest BCUT2D eigenvalue weighted by molar-refractivity contribution is -0.137. The van der Waals surface area contributed by atoms with Crippen molar-refractivity contribution >= 4 is 5.97 Å². The summed E-state index contributed by atoms with van der Waals surface area (Å²) in [6.45, 7) is 3.93. The van der Waals surface area contributed by atoms with Crippen LogP contribution in [0.2, 0.25) is 0 Å². The molecule has 0 unspecified atom stereocenters. The minimum Gasteiger partial charge on any atom is -0.481 e. The van der Waals surface area contributed by atoms with Gasteiger partial charge in [-0.3, -0.25) is 4.79 Å². The molecule has 1 aliphatic heterocycles. The standard InChI is InChI=1S/C16H14O3/c1-9-3-5-11-13(7-9)19-14-8-10(2)4-6-12(14)15(11)16(17)18/h3-8,15H,1-2H3,(H,17,18). The average molecular weight is 254 g/mol. The lowest BCUT2D eigenvalue weighted by atomic mass is 9.87. The van der Waals surface area contributed by atoms with Crippen molar-refractivity contribution in [2.24, 2.45) is 0 Å². The molecule has 3 rings (SSSR count). The van der Waals surface area contributed by atoms with Gasteiger partial charge in [0, 0.05) is 11.1 Å². The van der Waals surface area contributed by atoms with Crippen molar-refractivity contribution < 1.29 is 14.6 Å². The Morgan fingerprint density at radius 2 is 1.47 bits per heavy atom. The summed E-state index contributed by atoms with van der Waals surface area (Å²) < 4.78 is 5.86. The highest BCUT2D eigenvalue weighted by atomic mass is 16.5. The van der Waals surface area contributed by atoms with Gasteiger partial charge in [-0.05, 0) is 37.1 Å². The highest BCUT2D eigenvalue weighted by molar-refractivity contribution is 5.84. The molecule has 1 N–H and O–H groups in total. The summed E-state index contributed by atoms with van der Waals surface area (Å²) in [7, 11) is 0. The summed E-state index contributed by atoms with van der Waals surface area (Å²) in [5, 5.41) is 9.51. The van der Waals surface area contributed by atoms with E-state index in [1.807, 2.05) is 50.2 Å². The van der Waals surface area contributed by atoms with Crippen molar-refractivity contribution in [3.63, 3.8) is 0 Å². The van der Waals surface area contributed by atoms with Crippen molar-refractivity contribution in [3.05, 3.63) is 58.7 Å². The molecule has 0 atom stereocenters. The summed E-state index contributed by atoms with van der Waals surface area (Å²) in [6, 6.07) is 11.3. The normalized spacial score (nSPS) is 13.4. The largest absolute Gasteiger partial charge is 0.481 e. The first kappa shape index (κ1) is 11.8. The number of benzene rings is 2. The predicted molar refractivity (Wildman–Crippen MR) is 71.9 cm³/mol. The molecular weight excluding hydrogens is 240 g/mol. The van der Waals surface area contributed by atoms with Crippen LogP contribution in [-0.2, 0) is 4.79 Å². The van der Waals surface area contributed by atoms with Crippen LogP contribution < -0.4 is 4.74 Å². The molecule has 96 valence electrons. The minimum atomic E-state index is -0.849. The summed E-state index contributed by atoms with van der Waals surface area (Å²) in [6.07, 6.45) is 0. The van der Waals surface area contributed by atoms with Crippen LogP contribution in [0.4, 0.5) is 0 Å². The Morgan fingerprint density at radius 1 is 1.00 bits per heavy atom. The molecule has 1 aliphatic rings. The van der Waals surface area contributed by atoms with Crippen molar-refractivity contribution in [2.75, 3.05) is 0 Å². The number of carboxylic acid groups (broad SMARTS) is 1. The Morgan fingerprint density at radius 3 is 1.89 bits per heavy atom. The van der Waals surface area contributed by atoms with Crippen LogP contribution in [0.1, 0.15) is 28.2 Å². The number of aliphatic carboxylic acids is 1. The van der Waals surface area contributed by atoms with Gasteiger partial charge in [0.05, 0.1) is 0 Å². The number of hydrogen-bond donors (Lipinski definition) is 1. The van der Waals surface area contributed by atoms with Crippen molar-refractivity contribution in [3.8, 4) is 11.5 Å². The van der Waals surface area contributed by atoms with Gasteiger partial charge in [-0.15, -0.1) is 0 Å².